The summed E-state index contributed by atoms with van der Waals surface area (Å²) in [6, 6.07) is 0. The Balaban J connectivity index is 1.45. The highest BCUT2D eigenvalue weighted by molar-refractivity contribution is 5.87. The highest BCUT2D eigenvalue weighted by atomic mass is 16.7. The van der Waals surface area contributed by atoms with Crippen LogP contribution in [-0.4, -0.2) is 24.8 Å². The molecule has 4 fully saturated rings. The van der Waals surface area contributed by atoms with Gasteiger partial charge < -0.3 is 9.47 Å². The molecule has 1 spiro atoms. The van der Waals surface area contributed by atoms with Gasteiger partial charge in [0.25, 0.3) is 0 Å². The molecule has 0 amide bonds. The summed E-state index contributed by atoms with van der Waals surface area (Å²) in [5.41, 5.74) is 1.83. The number of Topliss-reactive ketones (excluding diaryl/α,β-unsaturated/α-hetero) is 1. The molecule has 4 aliphatic carbocycles. The lowest BCUT2D eigenvalue weighted by molar-refractivity contribution is -0.185. The smallest absolute Gasteiger partial charge is 0.172 e. The van der Waals surface area contributed by atoms with Gasteiger partial charge in [-0.1, -0.05) is 45.3 Å². The van der Waals surface area contributed by atoms with E-state index in [4.69, 9.17) is 9.47 Å². The van der Waals surface area contributed by atoms with Crippen molar-refractivity contribution in [2.75, 3.05) is 13.2 Å². The Morgan fingerprint density at radius 1 is 1.11 bits per heavy atom. The molecule has 3 nitrogen and oxygen atoms in total. The van der Waals surface area contributed by atoms with Crippen molar-refractivity contribution in [1.82, 2.24) is 0 Å². The zero-order valence-electron chi connectivity index (χ0n) is 18.1. The third-order valence-electron chi connectivity index (χ3n) is 9.70. The van der Waals surface area contributed by atoms with E-state index in [0.29, 0.717) is 23.5 Å². The molecule has 0 radical (unpaired) electrons. The lowest BCUT2D eigenvalue weighted by atomic mass is 9.47. The number of rotatable bonds is 3. The molecule has 3 heteroatoms. The molecule has 6 atom stereocenters. The molecule has 5 aliphatic rings. The lowest BCUT2D eigenvalue weighted by Gasteiger charge is -2.58. The van der Waals surface area contributed by atoms with Crippen molar-refractivity contribution in [3.8, 4) is 0 Å². The van der Waals surface area contributed by atoms with Crippen molar-refractivity contribution in [3.63, 3.8) is 0 Å². The quantitative estimate of drug-likeness (QED) is 0.586. The standard InChI is InChI=1S/C25H38O3/c1-4-5-6-17-15-21(26)24(3)10-9-20-19(22(17)24)8-7-18-16-25(27-13-14-28-25)12-11-23(18,20)2/h7,17,19-20,22H,4-6,8-16H2,1-3H3/t17?,19?,20?,22?,23-,24+/m0/s1. The molecule has 5 rings (SSSR count). The zero-order chi connectivity index (χ0) is 19.6. The highest BCUT2D eigenvalue weighted by Crippen LogP contribution is 2.66. The Labute approximate surface area is 170 Å². The Hall–Kier alpha value is -0.670. The van der Waals surface area contributed by atoms with Crippen LogP contribution in [0.3, 0.4) is 0 Å². The maximum absolute atomic E-state index is 13.1. The number of ether oxygens (including phenoxy) is 2. The van der Waals surface area contributed by atoms with E-state index < -0.39 is 0 Å². The average molecular weight is 387 g/mol. The fourth-order valence-corrected chi connectivity index (χ4v) is 8.14. The Bertz CT molecular complexity index is 675. The van der Waals surface area contributed by atoms with E-state index in [9.17, 15) is 4.79 Å². The molecule has 28 heavy (non-hydrogen) atoms. The van der Waals surface area contributed by atoms with Crippen LogP contribution in [0.5, 0.6) is 0 Å². The molecule has 3 saturated carbocycles. The van der Waals surface area contributed by atoms with Crippen LogP contribution in [0.25, 0.3) is 0 Å². The van der Waals surface area contributed by atoms with Crippen LogP contribution in [0, 0.1) is 34.5 Å². The molecule has 0 aromatic heterocycles. The maximum Gasteiger partial charge on any atom is 0.172 e. The average Bonchev–Trinajstić information content (AvgIpc) is 3.23. The van der Waals surface area contributed by atoms with Gasteiger partial charge in [-0.05, 0) is 61.2 Å². The van der Waals surface area contributed by atoms with E-state index in [1.54, 1.807) is 5.57 Å². The Morgan fingerprint density at radius 2 is 1.89 bits per heavy atom. The number of carbonyl (C=O) groups is 1. The van der Waals surface area contributed by atoms with Gasteiger partial charge in [0.15, 0.2) is 5.79 Å². The summed E-state index contributed by atoms with van der Waals surface area (Å²) in [4.78, 5) is 13.1. The summed E-state index contributed by atoms with van der Waals surface area (Å²) in [5, 5.41) is 0. The van der Waals surface area contributed by atoms with E-state index in [-0.39, 0.29) is 16.6 Å². The number of ketones is 1. The number of hydrogen-bond acceptors (Lipinski definition) is 3. The second kappa shape index (κ2) is 6.67. The minimum atomic E-state index is -0.325. The van der Waals surface area contributed by atoms with Crippen LogP contribution in [0.4, 0.5) is 0 Å². The third kappa shape index (κ3) is 2.64. The van der Waals surface area contributed by atoms with E-state index >= 15 is 0 Å². The minimum absolute atomic E-state index is 0.0468. The first-order valence-corrected chi connectivity index (χ1v) is 11.9. The van der Waals surface area contributed by atoms with Gasteiger partial charge in [0.05, 0.1) is 13.2 Å². The van der Waals surface area contributed by atoms with Crippen molar-refractivity contribution < 1.29 is 14.3 Å². The molecule has 1 aliphatic heterocycles. The summed E-state index contributed by atoms with van der Waals surface area (Å²) in [5.74, 6) is 2.91. The number of unbranched alkanes of at least 4 members (excludes halogenated alkanes) is 1. The van der Waals surface area contributed by atoms with Gasteiger partial charge in [-0.25, -0.2) is 0 Å². The van der Waals surface area contributed by atoms with Crippen LogP contribution >= 0.6 is 0 Å². The van der Waals surface area contributed by atoms with Crippen LogP contribution in [0.1, 0.15) is 85.0 Å². The molecule has 156 valence electrons. The molecule has 4 unspecified atom stereocenters. The molecule has 1 heterocycles. The van der Waals surface area contributed by atoms with Crippen molar-refractivity contribution in [2.24, 2.45) is 34.5 Å². The van der Waals surface area contributed by atoms with E-state index in [2.05, 4.69) is 26.8 Å². The van der Waals surface area contributed by atoms with Crippen LogP contribution in [0.15, 0.2) is 11.6 Å². The number of carbonyl (C=O) groups excluding carboxylic acids is 1. The summed E-state index contributed by atoms with van der Waals surface area (Å²) >= 11 is 0. The van der Waals surface area contributed by atoms with Gasteiger partial charge in [0, 0.05) is 24.7 Å². The normalized spacial score (nSPS) is 46.8. The van der Waals surface area contributed by atoms with Crippen molar-refractivity contribution in [3.05, 3.63) is 11.6 Å². The molecule has 0 aromatic carbocycles. The second-order valence-corrected chi connectivity index (χ2v) is 10.9. The lowest BCUT2D eigenvalue weighted by Crippen LogP contribution is -2.53. The fourth-order valence-electron chi connectivity index (χ4n) is 8.14. The van der Waals surface area contributed by atoms with Crippen molar-refractivity contribution >= 4 is 5.78 Å². The van der Waals surface area contributed by atoms with E-state index in [1.807, 2.05) is 0 Å². The van der Waals surface area contributed by atoms with Crippen molar-refractivity contribution in [2.45, 2.75) is 90.8 Å². The van der Waals surface area contributed by atoms with Crippen molar-refractivity contribution in [1.29, 1.82) is 0 Å². The first kappa shape index (κ1) is 19.3. The summed E-state index contributed by atoms with van der Waals surface area (Å²) in [6.45, 7) is 8.62. The number of fused-ring (bicyclic) bond motifs is 5. The van der Waals surface area contributed by atoms with Crippen LogP contribution < -0.4 is 0 Å². The van der Waals surface area contributed by atoms with Gasteiger partial charge in [-0.2, -0.15) is 0 Å². The molecule has 0 bridgehead atoms. The predicted molar refractivity (Wildman–Crippen MR) is 110 cm³/mol. The maximum atomic E-state index is 13.1. The van der Waals surface area contributed by atoms with Gasteiger partial charge in [0.1, 0.15) is 5.78 Å². The Kier molecular flexibility index (Phi) is 4.60. The summed E-state index contributed by atoms with van der Waals surface area (Å²) in [6.07, 6.45) is 13.9. The monoisotopic (exact) mass is 386 g/mol. The number of hydrogen-bond donors (Lipinski definition) is 0. The summed E-state index contributed by atoms with van der Waals surface area (Å²) < 4.78 is 12.1. The van der Waals surface area contributed by atoms with Gasteiger partial charge in [0.2, 0.25) is 0 Å². The topological polar surface area (TPSA) is 35.5 Å². The van der Waals surface area contributed by atoms with Crippen LogP contribution in [0.2, 0.25) is 0 Å². The SMILES string of the molecule is CCCCC1CC(=O)[C@@]2(C)CCC3C(CC=C4CC5(CC[C@@]43C)OCCO5)C12. The molecular formula is C25H38O3. The van der Waals surface area contributed by atoms with Crippen LogP contribution in [-0.2, 0) is 14.3 Å². The van der Waals surface area contributed by atoms with E-state index in [1.165, 1.54) is 38.5 Å². The minimum Gasteiger partial charge on any atom is -0.347 e. The third-order valence-corrected chi connectivity index (χ3v) is 9.70. The number of allylic oxidation sites excluding steroid dienone is 1. The second-order valence-electron chi connectivity index (χ2n) is 10.9. The van der Waals surface area contributed by atoms with Gasteiger partial charge >= 0.3 is 0 Å². The highest BCUT2D eigenvalue weighted by Gasteiger charge is 2.62. The molecule has 0 N–H and O–H groups in total. The predicted octanol–water partition coefficient (Wildman–Crippen LogP) is 5.68. The zero-order valence-corrected chi connectivity index (χ0v) is 18.1. The molecule has 0 aromatic rings. The largest absolute Gasteiger partial charge is 0.347 e. The fraction of sp³-hybridized carbons (Fsp3) is 0.880. The Morgan fingerprint density at radius 3 is 2.64 bits per heavy atom. The first-order valence-electron chi connectivity index (χ1n) is 11.9. The van der Waals surface area contributed by atoms with E-state index in [0.717, 1.165) is 44.8 Å². The molecular weight excluding hydrogens is 348 g/mol. The van der Waals surface area contributed by atoms with Gasteiger partial charge in [-0.15, -0.1) is 0 Å². The first-order chi connectivity index (χ1) is 13.4. The molecule has 1 saturated heterocycles. The summed E-state index contributed by atoms with van der Waals surface area (Å²) in [7, 11) is 0. The van der Waals surface area contributed by atoms with Gasteiger partial charge in [-0.3, -0.25) is 4.79 Å².